The highest BCUT2D eigenvalue weighted by atomic mass is 16.2. The fourth-order valence-electron chi connectivity index (χ4n) is 3.15. The van der Waals surface area contributed by atoms with E-state index in [-0.39, 0.29) is 11.8 Å². The van der Waals surface area contributed by atoms with Crippen molar-refractivity contribution in [1.29, 1.82) is 0 Å². The third kappa shape index (κ3) is 3.14. The molecule has 5 nitrogen and oxygen atoms in total. The van der Waals surface area contributed by atoms with Crippen molar-refractivity contribution in [2.75, 3.05) is 26.7 Å². The Bertz CT molecular complexity index is 385. The van der Waals surface area contributed by atoms with Crippen molar-refractivity contribution in [3.63, 3.8) is 0 Å². The van der Waals surface area contributed by atoms with Crippen LogP contribution < -0.4 is 5.32 Å². The van der Waals surface area contributed by atoms with Crippen LogP contribution in [0.25, 0.3) is 0 Å². The molecule has 5 heteroatoms. The van der Waals surface area contributed by atoms with E-state index in [4.69, 9.17) is 0 Å². The summed E-state index contributed by atoms with van der Waals surface area (Å²) in [6.07, 6.45) is 4.67. The molecule has 0 radical (unpaired) electrons. The maximum absolute atomic E-state index is 12.7. The standard InChI is InChI=1S/C15H27N3O2/c1-4-15(2)14(20)18(10-8-13(19)16-15)11-12-7-5-6-9-17(12)3/h12H,4-11H2,1-3H3,(H,16,19). The summed E-state index contributed by atoms with van der Waals surface area (Å²) in [7, 11) is 2.13. The van der Waals surface area contributed by atoms with Crippen LogP contribution in [0.4, 0.5) is 0 Å². The van der Waals surface area contributed by atoms with Crippen LogP contribution in [0.3, 0.4) is 0 Å². The van der Waals surface area contributed by atoms with Crippen LogP contribution in [-0.4, -0.2) is 59.9 Å². The van der Waals surface area contributed by atoms with E-state index in [0.717, 1.165) is 19.5 Å². The van der Waals surface area contributed by atoms with Crippen LogP contribution in [0.5, 0.6) is 0 Å². The number of nitrogens with zero attached hydrogens (tertiary/aromatic N) is 2. The van der Waals surface area contributed by atoms with Crippen LogP contribution in [0, 0.1) is 0 Å². The van der Waals surface area contributed by atoms with E-state index in [1.54, 1.807) is 0 Å². The van der Waals surface area contributed by atoms with E-state index in [1.807, 2.05) is 18.7 Å². The second-order valence-corrected chi connectivity index (χ2v) is 6.37. The number of carbonyl (C=O) groups is 2. The van der Waals surface area contributed by atoms with E-state index < -0.39 is 5.54 Å². The molecular formula is C15H27N3O2. The SMILES string of the molecule is CCC1(C)NC(=O)CCN(CC2CCCCN2C)C1=O. The van der Waals surface area contributed by atoms with Gasteiger partial charge in [0.15, 0.2) is 0 Å². The number of likely N-dealkylation sites (tertiary alicyclic amines) is 1. The maximum Gasteiger partial charge on any atom is 0.248 e. The summed E-state index contributed by atoms with van der Waals surface area (Å²) < 4.78 is 0. The number of carbonyl (C=O) groups excluding carboxylic acids is 2. The lowest BCUT2D eigenvalue weighted by atomic mass is 9.96. The Morgan fingerprint density at radius 3 is 2.70 bits per heavy atom. The van der Waals surface area contributed by atoms with Gasteiger partial charge in [-0.15, -0.1) is 0 Å². The summed E-state index contributed by atoms with van der Waals surface area (Å²) in [6.45, 7) is 6.20. The Morgan fingerprint density at radius 2 is 2.05 bits per heavy atom. The number of hydrogen-bond donors (Lipinski definition) is 1. The van der Waals surface area contributed by atoms with Crippen molar-refractivity contribution in [3.8, 4) is 0 Å². The minimum Gasteiger partial charge on any atom is -0.342 e. The number of nitrogens with one attached hydrogen (secondary N) is 1. The Kier molecular flexibility index (Phi) is 4.68. The van der Waals surface area contributed by atoms with Crippen LogP contribution in [0.15, 0.2) is 0 Å². The molecule has 0 aromatic heterocycles. The van der Waals surface area contributed by atoms with Crippen LogP contribution in [0.2, 0.25) is 0 Å². The van der Waals surface area contributed by atoms with Gasteiger partial charge < -0.3 is 15.1 Å². The molecule has 2 heterocycles. The molecule has 1 N–H and O–H groups in total. The first-order valence-corrected chi connectivity index (χ1v) is 7.77. The minimum absolute atomic E-state index is 0.0119. The molecule has 2 rings (SSSR count). The number of amides is 2. The molecule has 0 bridgehead atoms. The zero-order valence-electron chi connectivity index (χ0n) is 12.9. The molecular weight excluding hydrogens is 254 g/mol. The van der Waals surface area contributed by atoms with Gasteiger partial charge in [-0.1, -0.05) is 13.3 Å². The average molecular weight is 281 g/mol. The molecule has 0 saturated carbocycles. The van der Waals surface area contributed by atoms with E-state index >= 15 is 0 Å². The monoisotopic (exact) mass is 281 g/mol. The molecule has 2 unspecified atom stereocenters. The summed E-state index contributed by atoms with van der Waals surface area (Å²) in [6, 6.07) is 0.432. The molecule has 2 saturated heterocycles. The lowest BCUT2D eigenvalue weighted by molar-refractivity contribution is -0.139. The first-order valence-electron chi connectivity index (χ1n) is 7.77. The molecule has 0 aromatic carbocycles. The van der Waals surface area contributed by atoms with Crippen LogP contribution in [0.1, 0.15) is 46.0 Å². The van der Waals surface area contributed by atoms with Crippen LogP contribution >= 0.6 is 0 Å². The van der Waals surface area contributed by atoms with Crippen molar-refractivity contribution in [1.82, 2.24) is 15.1 Å². The fraction of sp³-hybridized carbons (Fsp3) is 0.867. The number of piperidine rings is 1. The summed E-state index contributed by atoms with van der Waals surface area (Å²) in [5.41, 5.74) is -0.735. The number of likely N-dealkylation sites (N-methyl/N-ethyl adjacent to an activating group) is 1. The largest absolute Gasteiger partial charge is 0.342 e. The molecule has 2 aliphatic rings. The molecule has 0 aliphatic carbocycles. The quantitative estimate of drug-likeness (QED) is 0.839. The van der Waals surface area contributed by atoms with Gasteiger partial charge in [0.25, 0.3) is 0 Å². The van der Waals surface area contributed by atoms with Crippen molar-refractivity contribution in [3.05, 3.63) is 0 Å². The van der Waals surface area contributed by atoms with E-state index in [9.17, 15) is 9.59 Å². The molecule has 20 heavy (non-hydrogen) atoms. The Hall–Kier alpha value is -1.10. The Morgan fingerprint density at radius 1 is 1.30 bits per heavy atom. The first kappa shape index (κ1) is 15.3. The zero-order valence-corrected chi connectivity index (χ0v) is 12.9. The highest BCUT2D eigenvalue weighted by Crippen LogP contribution is 2.21. The molecule has 0 aromatic rings. The summed E-state index contributed by atoms with van der Waals surface area (Å²) in [5, 5.41) is 2.89. The topological polar surface area (TPSA) is 52.7 Å². The maximum atomic E-state index is 12.7. The van der Waals surface area contributed by atoms with Gasteiger partial charge in [0.2, 0.25) is 11.8 Å². The zero-order chi connectivity index (χ0) is 14.8. The summed E-state index contributed by atoms with van der Waals surface area (Å²) in [4.78, 5) is 28.8. The van der Waals surface area contributed by atoms with Gasteiger partial charge in [-0.25, -0.2) is 0 Å². The van der Waals surface area contributed by atoms with Crippen molar-refractivity contribution < 1.29 is 9.59 Å². The summed E-state index contributed by atoms with van der Waals surface area (Å²) >= 11 is 0. The van der Waals surface area contributed by atoms with E-state index in [1.165, 1.54) is 12.8 Å². The lowest BCUT2D eigenvalue weighted by Crippen LogP contribution is -2.56. The summed E-state index contributed by atoms with van der Waals surface area (Å²) in [5.74, 6) is 0.0621. The van der Waals surface area contributed by atoms with Gasteiger partial charge in [-0.3, -0.25) is 9.59 Å². The highest BCUT2D eigenvalue weighted by Gasteiger charge is 2.40. The van der Waals surface area contributed by atoms with Crippen molar-refractivity contribution in [2.24, 2.45) is 0 Å². The van der Waals surface area contributed by atoms with E-state index in [0.29, 0.717) is 25.4 Å². The minimum atomic E-state index is -0.735. The highest BCUT2D eigenvalue weighted by molar-refractivity contribution is 5.93. The van der Waals surface area contributed by atoms with E-state index in [2.05, 4.69) is 17.3 Å². The lowest BCUT2D eigenvalue weighted by Gasteiger charge is -2.38. The predicted octanol–water partition coefficient (Wildman–Crippen LogP) is 0.988. The number of hydrogen-bond acceptors (Lipinski definition) is 3. The second-order valence-electron chi connectivity index (χ2n) is 6.37. The predicted molar refractivity (Wildman–Crippen MR) is 78.3 cm³/mol. The molecule has 2 aliphatic heterocycles. The third-order valence-corrected chi connectivity index (χ3v) is 4.84. The Labute approximate surface area is 121 Å². The molecule has 2 atom stereocenters. The molecule has 114 valence electrons. The van der Waals surface area contributed by atoms with Gasteiger partial charge in [-0.05, 0) is 39.8 Å². The van der Waals surface area contributed by atoms with Gasteiger partial charge in [0, 0.05) is 25.6 Å². The smallest absolute Gasteiger partial charge is 0.248 e. The third-order valence-electron chi connectivity index (χ3n) is 4.84. The van der Waals surface area contributed by atoms with Crippen LogP contribution in [-0.2, 0) is 9.59 Å². The molecule has 2 fully saturated rings. The van der Waals surface area contributed by atoms with Gasteiger partial charge in [-0.2, -0.15) is 0 Å². The molecule has 0 spiro atoms. The normalized spacial score (nSPS) is 33.0. The van der Waals surface area contributed by atoms with Crippen molar-refractivity contribution in [2.45, 2.75) is 57.5 Å². The van der Waals surface area contributed by atoms with Crippen molar-refractivity contribution >= 4 is 11.8 Å². The fourth-order valence-corrected chi connectivity index (χ4v) is 3.15. The number of rotatable bonds is 3. The second kappa shape index (κ2) is 6.12. The first-order chi connectivity index (χ1) is 9.46. The van der Waals surface area contributed by atoms with Gasteiger partial charge in [0.1, 0.15) is 5.54 Å². The molecule has 2 amide bonds. The van der Waals surface area contributed by atoms with Gasteiger partial charge in [0.05, 0.1) is 0 Å². The Balaban J connectivity index is 2.09. The average Bonchev–Trinajstić information content (AvgIpc) is 2.53. The van der Waals surface area contributed by atoms with Gasteiger partial charge >= 0.3 is 0 Å².